The zero-order valence-corrected chi connectivity index (χ0v) is 22.4. The van der Waals surface area contributed by atoms with Gasteiger partial charge in [0, 0.05) is 21.7 Å². The van der Waals surface area contributed by atoms with Crippen molar-refractivity contribution in [1.29, 1.82) is 0 Å². The molecule has 0 radical (unpaired) electrons. The summed E-state index contributed by atoms with van der Waals surface area (Å²) in [6.45, 7) is 12.7. The van der Waals surface area contributed by atoms with Crippen molar-refractivity contribution < 1.29 is 14.4 Å². The minimum atomic E-state index is -0.610. The fraction of sp³-hybridized carbons (Fsp3) is 0.276. The van der Waals surface area contributed by atoms with Gasteiger partial charge in [0.1, 0.15) is 0 Å². The summed E-state index contributed by atoms with van der Waals surface area (Å²) >= 11 is 1.07. The van der Waals surface area contributed by atoms with Crippen molar-refractivity contribution in [2.75, 3.05) is 5.32 Å². The van der Waals surface area contributed by atoms with Gasteiger partial charge in [0.05, 0.1) is 0 Å². The van der Waals surface area contributed by atoms with E-state index in [0.717, 1.165) is 28.0 Å². The van der Waals surface area contributed by atoms with Crippen molar-refractivity contribution in [3.8, 4) is 0 Å². The maximum absolute atomic E-state index is 12.5. The van der Waals surface area contributed by atoms with Gasteiger partial charge in [-0.2, -0.15) is 0 Å². The number of rotatable bonds is 5. The van der Waals surface area contributed by atoms with Crippen molar-refractivity contribution in [3.05, 3.63) is 95.1 Å². The van der Waals surface area contributed by atoms with Crippen LogP contribution in [0.2, 0.25) is 0 Å². The summed E-state index contributed by atoms with van der Waals surface area (Å²) in [5.74, 6) is -0.662. The molecule has 0 saturated carbocycles. The first-order valence-corrected chi connectivity index (χ1v) is 12.6. The molecule has 3 aromatic carbocycles. The van der Waals surface area contributed by atoms with Gasteiger partial charge in [0.15, 0.2) is 0 Å². The minimum Gasteiger partial charge on any atom is -0.322 e. The van der Waals surface area contributed by atoms with Gasteiger partial charge in [-0.25, -0.2) is 4.79 Å². The summed E-state index contributed by atoms with van der Waals surface area (Å²) in [5.41, 5.74) is 3.92. The van der Waals surface area contributed by atoms with Crippen molar-refractivity contribution >= 4 is 35.5 Å². The number of urea groups is 1. The number of hydrogen-bond donors (Lipinski definition) is 3. The van der Waals surface area contributed by atoms with Gasteiger partial charge in [-0.15, -0.1) is 0 Å². The fourth-order valence-electron chi connectivity index (χ4n) is 3.36. The molecule has 0 heterocycles. The molecule has 0 aliphatic carbocycles. The van der Waals surface area contributed by atoms with Crippen LogP contribution in [0.1, 0.15) is 73.4 Å². The highest BCUT2D eigenvalue weighted by Gasteiger charge is 2.16. The lowest BCUT2D eigenvalue weighted by Gasteiger charge is -2.19. The number of nitrogens with one attached hydrogen (secondary N) is 3. The average molecular weight is 504 g/mol. The number of anilines is 1. The van der Waals surface area contributed by atoms with E-state index < -0.39 is 11.9 Å². The molecule has 3 aromatic rings. The second-order valence-electron chi connectivity index (χ2n) is 10.6. The number of carbonyl (C=O) groups is 3. The molecule has 0 aliphatic rings. The molecule has 7 heteroatoms. The van der Waals surface area contributed by atoms with Crippen molar-refractivity contribution in [2.24, 2.45) is 0 Å². The predicted octanol–water partition coefficient (Wildman–Crippen LogP) is 6.68. The van der Waals surface area contributed by atoms with Crippen LogP contribution in [0.15, 0.2) is 77.7 Å². The Balaban J connectivity index is 1.49. The van der Waals surface area contributed by atoms with Crippen LogP contribution in [0.5, 0.6) is 0 Å². The highest BCUT2D eigenvalue weighted by atomic mass is 32.2. The lowest BCUT2D eigenvalue weighted by molar-refractivity contribution is 0.0964. The third-order valence-corrected chi connectivity index (χ3v) is 6.42. The second-order valence-corrected chi connectivity index (χ2v) is 11.5. The van der Waals surface area contributed by atoms with Gasteiger partial charge in [0.2, 0.25) is 0 Å². The van der Waals surface area contributed by atoms with Gasteiger partial charge in [0.25, 0.3) is 11.8 Å². The molecule has 4 amide bonds. The number of amides is 4. The number of carbonyl (C=O) groups excluding carboxylic acids is 3. The first-order chi connectivity index (χ1) is 16.8. The van der Waals surface area contributed by atoms with Crippen molar-refractivity contribution in [1.82, 2.24) is 10.0 Å². The Morgan fingerprint density at radius 2 is 1.06 bits per heavy atom. The Hall–Kier alpha value is -3.58. The van der Waals surface area contributed by atoms with Crippen LogP contribution in [-0.2, 0) is 10.8 Å². The summed E-state index contributed by atoms with van der Waals surface area (Å²) in [5, 5.41) is 5.20. The molecule has 0 fully saturated rings. The van der Waals surface area contributed by atoms with Gasteiger partial charge in [-0.3, -0.25) is 19.6 Å². The molecule has 0 unspecified atom stereocenters. The van der Waals surface area contributed by atoms with Crippen LogP contribution < -0.4 is 15.4 Å². The third-order valence-electron chi connectivity index (χ3n) is 5.63. The Labute approximate surface area is 217 Å². The van der Waals surface area contributed by atoms with Crippen LogP contribution in [0, 0.1) is 0 Å². The molecular weight excluding hydrogens is 470 g/mol. The molecule has 0 aromatic heterocycles. The quantitative estimate of drug-likeness (QED) is 0.339. The van der Waals surface area contributed by atoms with Gasteiger partial charge < -0.3 is 5.32 Å². The second kappa shape index (κ2) is 11.0. The van der Waals surface area contributed by atoms with Gasteiger partial charge in [-0.05, 0) is 82.4 Å². The lowest BCUT2D eigenvalue weighted by atomic mass is 9.86. The minimum absolute atomic E-state index is 0.0148. The van der Waals surface area contributed by atoms with E-state index in [1.165, 1.54) is 0 Å². The summed E-state index contributed by atoms with van der Waals surface area (Å²) in [4.78, 5) is 37.8. The van der Waals surface area contributed by atoms with Crippen molar-refractivity contribution in [3.63, 3.8) is 0 Å². The zero-order chi connectivity index (χ0) is 26.5. The molecule has 0 spiro atoms. The van der Waals surface area contributed by atoms with E-state index in [2.05, 4.69) is 56.9 Å². The highest BCUT2D eigenvalue weighted by molar-refractivity contribution is 7.98. The van der Waals surface area contributed by atoms with Crippen molar-refractivity contribution in [2.45, 2.75) is 57.3 Å². The molecule has 0 saturated heterocycles. The average Bonchev–Trinajstić information content (AvgIpc) is 2.82. The smallest absolute Gasteiger partial charge is 0.322 e. The Morgan fingerprint density at radius 1 is 0.611 bits per heavy atom. The standard InChI is InChI=1S/C29H33N3O3S/c1-28(2,3)21-11-7-19(8-12-21)25(33)30-23-15-17-24(18-16-23)36-32-27(35)31-26(34)20-9-13-22(14-10-20)29(4,5)6/h7-18H,1-6H3,(H,30,33)(H2,31,32,34,35). The number of hydrogen-bond acceptors (Lipinski definition) is 4. The summed E-state index contributed by atoms with van der Waals surface area (Å²) in [6.07, 6.45) is 0. The van der Waals surface area contributed by atoms with Gasteiger partial charge in [-0.1, -0.05) is 65.8 Å². The largest absolute Gasteiger partial charge is 0.331 e. The van der Waals surface area contributed by atoms with Crippen LogP contribution in [-0.4, -0.2) is 17.8 Å². The topological polar surface area (TPSA) is 87.3 Å². The van der Waals surface area contributed by atoms with Crippen LogP contribution in [0.25, 0.3) is 0 Å². The predicted molar refractivity (Wildman–Crippen MR) is 147 cm³/mol. The Kier molecular flexibility index (Phi) is 8.25. The summed E-state index contributed by atoms with van der Waals surface area (Å²) in [7, 11) is 0. The van der Waals surface area contributed by atoms with E-state index in [1.54, 1.807) is 36.4 Å². The number of imide groups is 1. The normalized spacial score (nSPS) is 11.5. The van der Waals surface area contributed by atoms with Gasteiger partial charge >= 0.3 is 6.03 Å². The molecule has 0 aliphatic heterocycles. The molecule has 0 bridgehead atoms. The number of benzene rings is 3. The molecular formula is C29H33N3O3S. The molecule has 188 valence electrons. The maximum atomic E-state index is 12.5. The van der Waals surface area contributed by atoms with E-state index in [-0.39, 0.29) is 16.7 Å². The first kappa shape index (κ1) is 27.0. The molecule has 0 atom stereocenters. The highest BCUT2D eigenvalue weighted by Crippen LogP contribution is 2.24. The molecule has 3 rings (SSSR count). The van der Waals surface area contributed by atoms with Crippen LogP contribution in [0.4, 0.5) is 10.5 Å². The zero-order valence-electron chi connectivity index (χ0n) is 21.6. The van der Waals surface area contributed by atoms with E-state index in [1.807, 2.05) is 36.4 Å². The summed E-state index contributed by atoms with van der Waals surface area (Å²) in [6, 6.07) is 21.2. The Morgan fingerprint density at radius 3 is 1.50 bits per heavy atom. The Bertz CT molecular complexity index is 1220. The first-order valence-electron chi connectivity index (χ1n) is 11.7. The van der Waals surface area contributed by atoms with Crippen LogP contribution in [0.3, 0.4) is 0 Å². The van der Waals surface area contributed by atoms with E-state index in [9.17, 15) is 14.4 Å². The van der Waals surface area contributed by atoms with Crippen LogP contribution >= 0.6 is 11.9 Å². The fourth-order valence-corrected chi connectivity index (χ4v) is 3.89. The SMILES string of the molecule is CC(C)(C)c1ccc(C(=O)NC(=O)NSc2ccc(NC(=O)c3ccc(C(C)(C)C)cc3)cc2)cc1. The monoisotopic (exact) mass is 503 g/mol. The van der Waals surface area contributed by atoms with E-state index in [0.29, 0.717) is 16.8 Å². The molecule has 36 heavy (non-hydrogen) atoms. The third kappa shape index (κ3) is 7.46. The van der Waals surface area contributed by atoms with E-state index >= 15 is 0 Å². The van der Waals surface area contributed by atoms with E-state index in [4.69, 9.17) is 0 Å². The maximum Gasteiger partial charge on any atom is 0.331 e. The summed E-state index contributed by atoms with van der Waals surface area (Å²) < 4.78 is 2.60. The molecule has 6 nitrogen and oxygen atoms in total. The lowest BCUT2D eigenvalue weighted by Crippen LogP contribution is -2.36. The molecule has 3 N–H and O–H groups in total.